The van der Waals surface area contributed by atoms with Crippen LogP contribution in [0.1, 0.15) is 63.6 Å². The Morgan fingerprint density at radius 3 is 2.05 bits per heavy atom. The molecule has 0 unspecified atom stereocenters. The molecule has 7 nitrogen and oxygen atoms in total. The molecule has 9 heteroatoms. The van der Waals surface area contributed by atoms with Crippen LogP contribution in [0.25, 0.3) is 0 Å². The number of halogens is 1. The van der Waals surface area contributed by atoms with Gasteiger partial charge in [0.05, 0.1) is 10.6 Å². The zero-order chi connectivity index (χ0) is 30.3. The van der Waals surface area contributed by atoms with Gasteiger partial charge in [-0.1, -0.05) is 80.4 Å². The number of hydrogen-bond donors (Lipinski definition) is 1. The minimum atomic E-state index is -4.13. The van der Waals surface area contributed by atoms with Gasteiger partial charge in [0, 0.05) is 17.6 Å². The molecule has 3 rings (SSSR count). The number of amides is 2. The van der Waals surface area contributed by atoms with E-state index in [1.807, 2.05) is 45.9 Å². The summed E-state index contributed by atoms with van der Waals surface area (Å²) >= 11 is 6.45. The number of carbonyl (C=O) groups is 2. The van der Waals surface area contributed by atoms with Crippen LogP contribution in [-0.2, 0) is 26.2 Å². The fourth-order valence-corrected chi connectivity index (χ4v) is 6.11. The maximum atomic E-state index is 14.1. The number of hydrogen-bond acceptors (Lipinski definition) is 4. The Morgan fingerprint density at radius 1 is 0.902 bits per heavy atom. The number of nitrogens with zero attached hydrogens (tertiary/aromatic N) is 2. The van der Waals surface area contributed by atoms with Crippen molar-refractivity contribution >= 4 is 39.1 Å². The second kappa shape index (κ2) is 14.0. The number of carbonyl (C=O) groups excluding carboxylic acids is 2. The van der Waals surface area contributed by atoms with Gasteiger partial charge in [0.2, 0.25) is 11.8 Å². The van der Waals surface area contributed by atoms with Crippen molar-refractivity contribution in [2.24, 2.45) is 0 Å². The van der Waals surface area contributed by atoms with Crippen molar-refractivity contribution in [3.8, 4) is 0 Å². The molecular formula is C32H40ClN3O4S. The lowest BCUT2D eigenvalue weighted by Gasteiger charge is -2.33. The van der Waals surface area contributed by atoms with E-state index in [9.17, 15) is 18.0 Å². The van der Waals surface area contributed by atoms with Gasteiger partial charge in [0.15, 0.2) is 0 Å². The zero-order valence-electron chi connectivity index (χ0n) is 24.6. The van der Waals surface area contributed by atoms with E-state index < -0.39 is 28.5 Å². The molecule has 0 spiro atoms. The SMILES string of the molecule is CC[C@@H](C(=O)NC(C)C)N(Cc1ccccc1Cl)C(=O)CN(c1ccc(C(C)C)cc1)S(=O)(=O)c1ccc(C)cc1. The van der Waals surface area contributed by atoms with Gasteiger partial charge in [0.25, 0.3) is 10.0 Å². The van der Waals surface area contributed by atoms with E-state index >= 15 is 0 Å². The van der Waals surface area contributed by atoms with Crippen LogP contribution in [0, 0.1) is 6.92 Å². The Kier molecular flexibility index (Phi) is 11.0. The van der Waals surface area contributed by atoms with Crippen molar-refractivity contribution in [3.63, 3.8) is 0 Å². The van der Waals surface area contributed by atoms with Crippen LogP contribution < -0.4 is 9.62 Å². The first-order chi connectivity index (χ1) is 19.3. The number of anilines is 1. The van der Waals surface area contributed by atoms with Crippen LogP contribution in [0.15, 0.2) is 77.7 Å². The normalized spacial score (nSPS) is 12.3. The standard InChI is InChI=1S/C32H40ClN3O4S/c1-7-30(32(38)34-23(4)5)35(20-26-10-8-9-11-29(26)33)31(37)21-36(27-16-14-25(15-17-27)22(2)3)41(39,40)28-18-12-24(6)13-19-28/h8-19,22-23,30H,7,20-21H2,1-6H3,(H,34,38)/t30-/m0/s1. The molecule has 0 saturated carbocycles. The molecule has 3 aromatic rings. The predicted octanol–water partition coefficient (Wildman–Crippen LogP) is 6.30. The molecule has 0 aromatic heterocycles. The minimum absolute atomic E-state index is 0.0488. The molecule has 0 aliphatic heterocycles. The number of aryl methyl sites for hydroxylation is 1. The summed E-state index contributed by atoms with van der Waals surface area (Å²) in [6, 6.07) is 19.9. The maximum Gasteiger partial charge on any atom is 0.264 e. The first kappa shape index (κ1) is 32.2. The third-order valence-corrected chi connectivity index (χ3v) is 9.01. The average Bonchev–Trinajstić information content (AvgIpc) is 2.92. The van der Waals surface area contributed by atoms with Crippen molar-refractivity contribution in [2.75, 3.05) is 10.8 Å². The van der Waals surface area contributed by atoms with E-state index in [1.54, 1.807) is 42.5 Å². The van der Waals surface area contributed by atoms with Gasteiger partial charge in [-0.25, -0.2) is 8.42 Å². The van der Waals surface area contributed by atoms with Crippen LogP contribution >= 0.6 is 11.6 Å². The number of sulfonamides is 1. The molecule has 0 radical (unpaired) electrons. The van der Waals surface area contributed by atoms with Crippen LogP contribution in [0.4, 0.5) is 5.69 Å². The Bertz CT molecular complexity index is 1440. The first-order valence-electron chi connectivity index (χ1n) is 13.9. The Labute approximate surface area is 249 Å². The quantitative estimate of drug-likeness (QED) is 0.265. The van der Waals surface area contributed by atoms with Crippen LogP contribution in [-0.4, -0.2) is 43.8 Å². The Morgan fingerprint density at radius 2 is 1.51 bits per heavy atom. The molecule has 0 bridgehead atoms. The molecule has 3 aromatic carbocycles. The average molecular weight is 598 g/mol. The zero-order valence-corrected chi connectivity index (χ0v) is 26.2. The van der Waals surface area contributed by atoms with Gasteiger partial charge in [-0.15, -0.1) is 0 Å². The van der Waals surface area contributed by atoms with Gasteiger partial charge < -0.3 is 10.2 Å². The predicted molar refractivity (Wildman–Crippen MR) is 166 cm³/mol. The fourth-order valence-electron chi connectivity index (χ4n) is 4.50. The Hall–Kier alpha value is -3.36. The molecule has 0 saturated heterocycles. The van der Waals surface area contributed by atoms with Gasteiger partial charge in [-0.3, -0.25) is 13.9 Å². The van der Waals surface area contributed by atoms with Crippen LogP contribution in [0.5, 0.6) is 0 Å². The highest BCUT2D eigenvalue weighted by atomic mass is 35.5. The highest BCUT2D eigenvalue weighted by Crippen LogP contribution is 2.27. The smallest absolute Gasteiger partial charge is 0.264 e. The van der Waals surface area contributed by atoms with Crippen LogP contribution in [0.3, 0.4) is 0 Å². The van der Waals surface area contributed by atoms with E-state index in [2.05, 4.69) is 19.2 Å². The lowest BCUT2D eigenvalue weighted by Crippen LogP contribution is -2.53. The lowest BCUT2D eigenvalue weighted by atomic mass is 10.0. The summed E-state index contributed by atoms with van der Waals surface area (Å²) in [6.07, 6.45) is 0.336. The fraction of sp³-hybridized carbons (Fsp3) is 0.375. The van der Waals surface area contributed by atoms with Crippen molar-refractivity contribution < 1.29 is 18.0 Å². The summed E-state index contributed by atoms with van der Waals surface area (Å²) < 4.78 is 29.1. The first-order valence-corrected chi connectivity index (χ1v) is 15.7. The molecule has 2 amide bonds. The summed E-state index contributed by atoms with van der Waals surface area (Å²) in [5, 5.41) is 3.35. The van der Waals surface area contributed by atoms with Crippen molar-refractivity contribution in [1.29, 1.82) is 0 Å². The van der Waals surface area contributed by atoms with Crippen molar-refractivity contribution in [1.82, 2.24) is 10.2 Å². The molecule has 1 N–H and O–H groups in total. The van der Waals surface area contributed by atoms with Crippen molar-refractivity contribution in [3.05, 3.63) is 94.5 Å². The summed E-state index contributed by atoms with van der Waals surface area (Å²) in [4.78, 5) is 28.9. The highest BCUT2D eigenvalue weighted by Gasteiger charge is 2.34. The molecule has 0 fully saturated rings. The summed E-state index contributed by atoms with van der Waals surface area (Å²) in [5.41, 5.74) is 2.98. The maximum absolute atomic E-state index is 14.1. The molecule has 1 atom stereocenters. The molecule has 0 aliphatic carbocycles. The van der Waals surface area contributed by atoms with Gasteiger partial charge in [-0.2, -0.15) is 0 Å². The van der Waals surface area contributed by atoms with Gasteiger partial charge in [0.1, 0.15) is 12.6 Å². The van der Waals surface area contributed by atoms with E-state index in [1.165, 1.54) is 17.0 Å². The van der Waals surface area contributed by atoms with E-state index in [0.717, 1.165) is 15.4 Å². The molecule has 41 heavy (non-hydrogen) atoms. The van der Waals surface area contributed by atoms with Gasteiger partial charge in [-0.05, 0) is 74.6 Å². The second-order valence-corrected chi connectivity index (χ2v) is 13.0. The van der Waals surface area contributed by atoms with Gasteiger partial charge >= 0.3 is 0 Å². The second-order valence-electron chi connectivity index (χ2n) is 10.8. The Balaban J connectivity index is 2.09. The highest BCUT2D eigenvalue weighted by molar-refractivity contribution is 7.92. The molecule has 0 aliphatic rings. The largest absolute Gasteiger partial charge is 0.352 e. The number of rotatable bonds is 12. The molecule has 220 valence electrons. The topological polar surface area (TPSA) is 86.8 Å². The summed E-state index contributed by atoms with van der Waals surface area (Å²) in [7, 11) is -4.13. The summed E-state index contributed by atoms with van der Waals surface area (Å²) in [6.45, 7) is 11.1. The van der Waals surface area contributed by atoms with E-state index in [4.69, 9.17) is 11.6 Å². The monoisotopic (exact) mass is 597 g/mol. The van der Waals surface area contributed by atoms with E-state index in [0.29, 0.717) is 22.7 Å². The lowest BCUT2D eigenvalue weighted by molar-refractivity contribution is -0.140. The van der Waals surface area contributed by atoms with Crippen LogP contribution in [0.2, 0.25) is 5.02 Å². The third kappa shape index (κ3) is 8.11. The summed E-state index contributed by atoms with van der Waals surface area (Å²) in [5.74, 6) is -0.569. The van der Waals surface area contributed by atoms with Crippen molar-refractivity contribution in [2.45, 2.75) is 77.4 Å². The third-order valence-electron chi connectivity index (χ3n) is 6.85. The number of benzene rings is 3. The molecule has 0 heterocycles. The molecular weight excluding hydrogens is 558 g/mol. The van der Waals surface area contributed by atoms with E-state index in [-0.39, 0.29) is 29.3 Å². The number of nitrogens with one attached hydrogen (secondary N) is 1. The minimum Gasteiger partial charge on any atom is -0.352 e.